The van der Waals surface area contributed by atoms with E-state index in [1.54, 1.807) is 14.2 Å². The van der Waals surface area contributed by atoms with E-state index in [1.807, 2.05) is 47.4 Å². The van der Waals surface area contributed by atoms with Crippen LogP contribution < -0.4 is 9.47 Å². The topological polar surface area (TPSA) is 48.0 Å². The van der Waals surface area contributed by atoms with Crippen LogP contribution in [0.5, 0.6) is 11.5 Å². The molecule has 6 heteroatoms. The number of benzene rings is 2. The van der Waals surface area contributed by atoms with E-state index in [2.05, 4.69) is 6.92 Å². The van der Waals surface area contributed by atoms with Gasteiger partial charge in [-0.1, -0.05) is 36.7 Å². The molecule has 0 aliphatic carbocycles. The molecule has 0 bridgehead atoms. The summed E-state index contributed by atoms with van der Waals surface area (Å²) in [4.78, 5) is 14.3. The number of halogens is 1. The molecule has 0 aromatic heterocycles. The first-order valence-electron chi connectivity index (χ1n) is 8.99. The van der Waals surface area contributed by atoms with Crippen molar-refractivity contribution in [3.8, 4) is 11.5 Å². The first kappa shape index (κ1) is 19.4. The number of cyclic esters (lactones) is 1. The van der Waals surface area contributed by atoms with Crippen LogP contribution >= 0.6 is 11.6 Å². The summed E-state index contributed by atoms with van der Waals surface area (Å²) in [7, 11) is 3.23. The van der Waals surface area contributed by atoms with Gasteiger partial charge in [0.05, 0.1) is 20.8 Å². The third kappa shape index (κ3) is 4.30. The second-order valence-corrected chi connectivity index (χ2v) is 6.97. The minimum Gasteiger partial charge on any atom is -0.493 e. The van der Waals surface area contributed by atoms with Crippen molar-refractivity contribution in [3.05, 3.63) is 58.6 Å². The Morgan fingerprint density at radius 3 is 2.63 bits per heavy atom. The van der Waals surface area contributed by atoms with Crippen molar-refractivity contribution in [2.45, 2.75) is 31.9 Å². The monoisotopic (exact) mass is 389 g/mol. The quantitative estimate of drug-likeness (QED) is 0.677. The standard InChI is InChI=1S/C21H24ClNO4/c1-4-17(10-14-8-9-18(25-2)19(11-14)26-3)23-13-20(27-21(23)24)15-6-5-7-16(22)12-15/h5-9,11-12,17,20H,4,10,13H2,1-3H3. The molecule has 3 rings (SSSR count). The molecule has 1 fully saturated rings. The molecule has 1 heterocycles. The Kier molecular flexibility index (Phi) is 6.11. The van der Waals surface area contributed by atoms with Crippen molar-refractivity contribution in [2.75, 3.05) is 20.8 Å². The largest absolute Gasteiger partial charge is 0.493 e. The van der Waals surface area contributed by atoms with Gasteiger partial charge in [-0.15, -0.1) is 0 Å². The molecule has 0 saturated carbocycles. The third-order valence-corrected chi connectivity index (χ3v) is 5.13. The maximum atomic E-state index is 12.5. The van der Waals surface area contributed by atoms with Crippen LogP contribution in [0.4, 0.5) is 4.79 Å². The summed E-state index contributed by atoms with van der Waals surface area (Å²) < 4.78 is 16.3. The maximum Gasteiger partial charge on any atom is 0.410 e. The van der Waals surface area contributed by atoms with E-state index < -0.39 is 0 Å². The molecular formula is C21H24ClNO4. The molecule has 27 heavy (non-hydrogen) atoms. The smallest absolute Gasteiger partial charge is 0.410 e. The van der Waals surface area contributed by atoms with Crippen LogP contribution in [0, 0.1) is 0 Å². The normalized spacial score (nSPS) is 17.6. The molecule has 2 aromatic carbocycles. The molecule has 1 amide bonds. The summed E-state index contributed by atoms with van der Waals surface area (Å²) in [6, 6.07) is 13.3. The van der Waals surface area contributed by atoms with Crippen molar-refractivity contribution in [3.63, 3.8) is 0 Å². The second-order valence-electron chi connectivity index (χ2n) is 6.54. The SMILES string of the molecule is CCC(Cc1ccc(OC)c(OC)c1)N1CC(c2cccc(Cl)c2)OC1=O. The molecule has 0 radical (unpaired) electrons. The Morgan fingerprint density at radius 1 is 1.19 bits per heavy atom. The van der Waals surface area contributed by atoms with Gasteiger partial charge in [0.15, 0.2) is 11.5 Å². The fourth-order valence-corrected chi connectivity index (χ4v) is 3.61. The van der Waals surface area contributed by atoms with Gasteiger partial charge in [-0.3, -0.25) is 0 Å². The van der Waals surface area contributed by atoms with Crippen molar-refractivity contribution < 1.29 is 19.0 Å². The van der Waals surface area contributed by atoms with Gasteiger partial charge < -0.3 is 19.1 Å². The lowest BCUT2D eigenvalue weighted by atomic mass is 10.0. The second kappa shape index (κ2) is 8.53. The average Bonchev–Trinajstić information content (AvgIpc) is 3.07. The highest BCUT2D eigenvalue weighted by Crippen LogP contribution is 2.32. The van der Waals surface area contributed by atoms with Crippen molar-refractivity contribution in [2.24, 2.45) is 0 Å². The zero-order valence-corrected chi connectivity index (χ0v) is 16.5. The lowest BCUT2D eigenvalue weighted by Gasteiger charge is -2.25. The molecule has 5 nitrogen and oxygen atoms in total. The van der Waals surface area contributed by atoms with Gasteiger partial charge in [-0.2, -0.15) is 0 Å². The Bertz CT molecular complexity index is 811. The van der Waals surface area contributed by atoms with Crippen LogP contribution in [0.25, 0.3) is 0 Å². The van der Waals surface area contributed by atoms with Crippen LogP contribution in [0.1, 0.15) is 30.6 Å². The van der Waals surface area contributed by atoms with Crippen LogP contribution in [-0.4, -0.2) is 37.8 Å². The molecule has 1 aliphatic rings. The molecule has 2 aromatic rings. The molecule has 2 atom stereocenters. The zero-order chi connectivity index (χ0) is 19.4. The summed E-state index contributed by atoms with van der Waals surface area (Å²) >= 11 is 6.07. The highest BCUT2D eigenvalue weighted by molar-refractivity contribution is 6.30. The van der Waals surface area contributed by atoms with Gasteiger partial charge >= 0.3 is 6.09 Å². The van der Waals surface area contributed by atoms with Crippen LogP contribution in [-0.2, 0) is 11.2 Å². The summed E-state index contributed by atoms with van der Waals surface area (Å²) in [5.74, 6) is 1.38. The number of carbonyl (C=O) groups excluding carboxylic acids is 1. The molecular weight excluding hydrogens is 366 g/mol. The molecule has 1 saturated heterocycles. The van der Waals surface area contributed by atoms with E-state index >= 15 is 0 Å². The number of amides is 1. The number of carbonyl (C=O) groups is 1. The fourth-order valence-electron chi connectivity index (χ4n) is 3.41. The first-order chi connectivity index (χ1) is 13.0. The van der Waals surface area contributed by atoms with Crippen molar-refractivity contribution >= 4 is 17.7 Å². The number of rotatable bonds is 7. The molecule has 144 valence electrons. The van der Waals surface area contributed by atoms with Gasteiger partial charge in [0, 0.05) is 11.1 Å². The lowest BCUT2D eigenvalue weighted by molar-refractivity contribution is 0.127. The average molecular weight is 390 g/mol. The van der Waals surface area contributed by atoms with E-state index in [-0.39, 0.29) is 18.2 Å². The number of ether oxygens (including phenoxy) is 3. The summed E-state index contributed by atoms with van der Waals surface area (Å²) in [5, 5.41) is 0.638. The molecule has 1 aliphatic heterocycles. The zero-order valence-electron chi connectivity index (χ0n) is 15.8. The Morgan fingerprint density at radius 2 is 1.96 bits per heavy atom. The summed E-state index contributed by atoms with van der Waals surface area (Å²) in [6.45, 7) is 2.59. The fraction of sp³-hybridized carbons (Fsp3) is 0.381. The number of methoxy groups -OCH3 is 2. The predicted octanol–water partition coefficient (Wildman–Crippen LogP) is 4.87. The Labute approximate surface area is 164 Å². The lowest BCUT2D eigenvalue weighted by Crippen LogP contribution is -2.37. The Hall–Kier alpha value is -2.40. The van der Waals surface area contributed by atoms with Crippen molar-refractivity contribution in [1.82, 2.24) is 4.90 Å². The maximum absolute atomic E-state index is 12.5. The highest BCUT2D eigenvalue weighted by atomic mass is 35.5. The predicted molar refractivity (Wildman–Crippen MR) is 105 cm³/mol. The van der Waals surface area contributed by atoms with Gasteiger partial charge in [-0.05, 0) is 48.2 Å². The van der Waals surface area contributed by atoms with Gasteiger partial charge in [0.25, 0.3) is 0 Å². The summed E-state index contributed by atoms with van der Waals surface area (Å²) in [6.07, 6.45) is 0.961. The van der Waals surface area contributed by atoms with Crippen LogP contribution in [0.2, 0.25) is 5.02 Å². The van der Waals surface area contributed by atoms with Gasteiger partial charge in [0.2, 0.25) is 0 Å². The minimum atomic E-state index is -0.296. The van der Waals surface area contributed by atoms with E-state index in [4.69, 9.17) is 25.8 Å². The number of hydrogen-bond acceptors (Lipinski definition) is 4. The number of hydrogen-bond donors (Lipinski definition) is 0. The first-order valence-corrected chi connectivity index (χ1v) is 9.37. The van der Waals surface area contributed by atoms with E-state index in [1.165, 1.54) is 0 Å². The van der Waals surface area contributed by atoms with Crippen molar-refractivity contribution in [1.29, 1.82) is 0 Å². The Balaban J connectivity index is 1.75. The summed E-state index contributed by atoms with van der Waals surface area (Å²) in [5.41, 5.74) is 2.00. The molecule has 2 unspecified atom stereocenters. The number of nitrogens with zero attached hydrogens (tertiary/aromatic N) is 1. The van der Waals surface area contributed by atoms with Crippen LogP contribution in [0.15, 0.2) is 42.5 Å². The highest BCUT2D eigenvalue weighted by Gasteiger charge is 2.36. The minimum absolute atomic E-state index is 0.0415. The van der Waals surface area contributed by atoms with E-state index in [0.717, 1.165) is 17.5 Å². The molecule has 0 N–H and O–H groups in total. The van der Waals surface area contributed by atoms with E-state index in [9.17, 15) is 4.79 Å². The molecule has 0 spiro atoms. The van der Waals surface area contributed by atoms with E-state index in [0.29, 0.717) is 29.5 Å². The van der Waals surface area contributed by atoms with Gasteiger partial charge in [-0.25, -0.2) is 4.79 Å². The van der Waals surface area contributed by atoms with Crippen LogP contribution in [0.3, 0.4) is 0 Å². The van der Waals surface area contributed by atoms with Gasteiger partial charge in [0.1, 0.15) is 6.10 Å². The third-order valence-electron chi connectivity index (χ3n) is 4.89.